The van der Waals surface area contributed by atoms with Crippen molar-refractivity contribution < 1.29 is 17.9 Å². The van der Waals surface area contributed by atoms with E-state index < -0.39 is 16.0 Å². The van der Waals surface area contributed by atoms with Crippen LogP contribution in [0.25, 0.3) is 0 Å². The molecular formula is C24H32ClN3O4S. The molecule has 0 spiro atoms. The molecule has 1 aliphatic heterocycles. The number of sulfonamides is 1. The highest BCUT2D eigenvalue weighted by atomic mass is 35.5. The van der Waals surface area contributed by atoms with E-state index in [0.29, 0.717) is 28.4 Å². The zero-order valence-electron chi connectivity index (χ0n) is 19.4. The van der Waals surface area contributed by atoms with Crippen LogP contribution in [0.15, 0.2) is 42.5 Å². The third kappa shape index (κ3) is 7.35. The van der Waals surface area contributed by atoms with Gasteiger partial charge in [-0.05, 0) is 48.4 Å². The molecule has 1 heterocycles. The number of rotatable bonds is 9. The lowest BCUT2D eigenvalue weighted by Gasteiger charge is -2.36. The topological polar surface area (TPSA) is 79.0 Å². The van der Waals surface area contributed by atoms with Gasteiger partial charge >= 0.3 is 5.97 Å². The Labute approximate surface area is 201 Å². The second-order valence-electron chi connectivity index (χ2n) is 8.64. The fourth-order valence-corrected chi connectivity index (χ4v) is 5.10. The third-order valence-electron chi connectivity index (χ3n) is 5.45. The molecule has 9 heteroatoms. The fourth-order valence-electron chi connectivity index (χ4n) is 3.70. The number of nitrogens with one attached hydrogen (secondary N) is 1. The number of benzene rings is 2. The minimum absolute atomic E-state index is 0.207. The van der Waals surface area contributed by atoms with Crippen LogP contribution in [-0.2, 0) is 20.5 Å². The largest absolute Gasteiger partial charge is 0.462 e. The van der Waals surface area contributed by atoms with E-state index >= 15 is 0 Å². The summed E-state index contributed by atoms with van der Waals surface area (Å²) in [5, 5.41) is 0.479. The van der Waals surface area contributed by atoms with Gasteiger partial charge in [-0.25, -0.2) is 13.2 Å². The molecule has 0 bridgehead atoms. The summed E-state index contributed by atoms with van der Waals surface area (Å²) in [6.45, 7) is 10.7. The van der Waals surface area contributed by atoms with Gasteiger partial charge in [-0.15, -0.1) is 0 Å². The zero-order chi connectivity index (χ0) is 24.0. The molecule has 2 aromatic rings. The SMILES string of the molecule is CCN1CCN(c2ccc(C(=O)OCC(C)C)cc2NS(=O)(=O)Cc2cccc(Cl)c2)CC1. The molecule has 180 valence electrons. The number of carbonyl (C=O) groups is 1. The van der Waals surface area contributed by atoms with Gasteiger partial charge in [0, 0.05) is 31.2 Å². The first-order chi connectivity index (χ1) is 15.7. The number of halogens is 1. The average Bonchev–Trinajstić information content (AvgIpc) is 2.77. The molecule has 0 amide bonds. The van der Waals surface area contributed by atoms with Crippen LogP contribution in [0, 0.1) is 5.92 Å². The normalized spacial score (nSPS) is 15.0. The summed E-state index contributed by atoms with van der Waals surface area (Å²) in [5.41, 5.74) is 2.02. The first-order valence-corrected chi connectivity index (χ1v) is 13.2. The number of nitrogens with zero attached hydrogens (tertiary/aromatic N) is 2. The molecule has 0 aliphatic carbocycles. The van der Waals surface area contributed by atoms with E-state index in [2.05, 4.69) is 21.4 Å². The summed E-state index contributed by atoms with van der Waals surface area (Å²) in [6.07, 6.45) is 0. The molecule has 3 rings (SSSR count). The maximum Gasteiger partial charge on any atom is 0.338 e. The van der Waals surface area contributed by atoms with Crippen molar-refractivity contribution in [3.63, 3.8) is 0 Å². The Hall–Kier alpha value is -2.29. The van der Waals surface area contributed by atoms with Gasteiger partial charge in [-0.2, -0.15) is 0 Å². The van der Waals surface area contributed by atoms with Gasteiger partial charge in [0.1, 0.15) is 0 Å². The van der Waals surface area contributed by atoms with E-state index in [9.17, 15) is 13.2 Å². The van der Waals surface area contributed by atoms with E-state index in [1.54, 1.807) is 42.5 Å². The van der Waals surface area contributed by atoms with Gasteiger partial charge < -0.3 is 14.5 Å². The molecule has 1 N–H and O–H groups in total. The Balaban J connectivity index is 1.87. The Kier molecular flexibility index (Phi) is 8.62. The van der Waals surface area contributed by atoms with Gasteiger partial charge in [0.25, 0.3) is 0 Å². The molecule has 1 aliphatic rings. The maximum absolute atomic E-state index is 13.0. The van der Waals surface area contributed by atoms with Crippen molar-refractivity contribution in [1.29, 1.82) is 0 Å². The summed E-state index contributed by atoms with van der Waals surface area (Å²) in [5.74, 6) is -0.487. The number of hydrogen-bond donors (Lipinski definition) is 1. The standard InChI is InChI=1S/C24H32ClN3O4S/c1-4-27-10-12-28(13-11-27)23-9-8-20(24(29)32-16-18(2)3)15-22(23)26-33(30,31)17-19-6-5-7-21(25)14-19/h5-9,14-15,18,26H,4,10-13,16-17H2,1-3H3. The minimum Gasteiger partial charge on any atom is -0.462 e. The second kappa shape index (κ2) is 11.2. The molecule has 1 saturated heterocycles. The highest BCUT2D eigenvalue weighted by Gasteiger charge is 2.23. The van der Waals surface area contributed by atoms with Crippen LogP contribution < -0.4 is 9.62 Å². The van der Waals surface area contributed by atoms with Crippen molar-refractivity contribution in [1.82, 2.24) is 4.90 Å². The lowest BCUT2D eigenvalue weighted by molar-refractivity contribution is 0.0459. The van der Waals surface area contributed by atoms with Crippen LogP contribution in [0.4, 0.5) is 11.4 Å². The van der Waals surface area contributed by atoms with Crippen LogP contribution in [-0.4, -0.2) is 58.6 Å². The number of anilines is 2. The molecule has 0 radical (unpaired) electrons. The second-order valence-corrected chi connectivity index (χ2v) is 10.8. The van der Waals surface area contributed by atoms with Crippen LogP contribution >= 0.6 is 11.6 Å². The van der Waals surface area contributed by atoms with Gasteiger partial charge in [0.15, 0.2) is 0 Å². The quantitative estimate of drug-likeness (QED) is 0.526. The number of likely N-dealkylation sites (N-methyl/N-ethyl adjacent to an activating group) is 1. The predicted octanol–water partition coefficient (Wildman–Crippen LogP) is 4.24. The van der Waals surface area contributed by atoms with Crippen LogP contribution in [0.1, 0.15) is 36.7 Å². The Morgan fingerprint density at radius 1 is 1.12 bits per heavy atom. The van der Waals surface area contributed by atoms with Crippen molar-refractivity contribution in [2.45, 2.75) is 26.5 Å². The fraction of sp³-hybridized carbons (Fsp3) is 0.458. The van der Waals surface area contributed by atoms with E-state index in [-0.39, 0.29) is 11.7 Å². The van der Waals surface area contributed by atoms with Crippen LogP contribution in [0.5, 0.6) is 0 Å². The van der Waals surface area contributed by atoms with Crippen molar-refractivity contribution >= 4 is 39.0 Å². The smallest absolute Gasteiger partial charge is 0.338 e. The molecule has 0 aromatic heterocycles. The summed E-state index contributed by atoms with van der Waals surface area (Å²) in [7, 11) is -3.75. The molecule has 0 atom stereocenters. The number of piperazine rings is 1. The first-order valence-electron chi connectivity index (χ1n) is 11.2. The number of carbonyl (C=O) groups excluding carboxylic acids is 1. The first kappa shape index (κ1) is 25.3. The van der Waals surface area contributed by atoms with Crippen molar-refractivity contribution in [3.8, 4) is 0 Å². The lowest BCUT2D eigenvalue weighted by Crippen LogP contribution is -2.46. The average molecular weight is 494 g/mol. The number of esters is 1. The van der Waals surface area contributed by atoms with Gasteiger partial charge in [-0.3, -0.25) is 4.72 Å². The van der Waals surface area contributed by atoms with E-state index in [0.717, 1.165) is 38.4 Å². The lowest BCUT2D eigenvalue weighted by atomic mass is 10.1. The van der Waals surface area contributed by atoms with E-state index in [1.165, 1.54) is 0 Å². The Bertz CT molecular complexity index is 1070. The van der Waals surface area contributed by atoms with Gasteiger partial charge in [-0.1, -0.05) is 44.5 Å². The number of ether oxygens (including phenoxy) is 1. The van der Waals surface area contributed by atoms with E-state index in [1.807, 2.05) is 13.8 Å². The molecular weight excluding hydrogens is 462 g/mol. The molecule has 33 heavy (non-hydrogen) atoms. The van der Waals surface area contributed by atoms with Crippen molar-refractivity contribution in [2.75, 3.05) is 49.0 Å². The molecule has 0 saturated carbocycles. The van der Waals surface area contributed by atoms with Gasteiger partial charge in [0.05, 0.1) is 29.3 Å². The number of hydrogen-bond acceptors (Lipinski definition) is 6. The maximum atomic E-state index is 13.0. The molecule has 7 nitrogen and oxygen atoms in total. The van der Waals surface area contributed by atoms with Gasteiger partial charge in [0.2, 0.25) is 10.0 Å². The third-order valence-corrected chi connectivity index (χ3v) is 6.93. The predicted molar refractivity (Wildman–Crippen MR) is 134 cm³/mol. The van der Waals surface area contributed by atoms with Crippen molar-refractivity contribution in [3.05, 3.63) is 58.6 Å². The molecule has 2 aromatic carbocycles. The summed E-state index contributed by atoms with van der Waals surface area (Å²) >= 11 is 6.01. The zero-order valence-corrected chi connectivity index (χ0v) is 21.0. The molecule has 0 unspecified atom stereocenters. The summed E-state index contributed by atoms with van der Waals surface area (Å²) in [4.78, 5) is 17.0. The summed E-state index contributed by atoms with van der Waals surface area (Å²) < 4.78 is 34.1. The Morgan fingerprint density at radius 2 is 1.85 bits per heavy atom. The minimum atomic E-state index is -3.75. The monoisotopic (exact) mass is 493 g/mol. The Morgan fingerprint density at radius 3 is 2.48 bits per heavy atom. The van der Waals surface area contributed by atoms with Crippen molar-refractivity contribution in [2.24, 2.45) is 5.92 Å². The van der Waals surface area contributed by atoms with E-state index in [4.69, 9.17) is 16.3 Å². The highest BCUT2D eigenvalue weighted by molar-refractivity contribution is 7.91. The highest BCUT2D eigenvalue weighted by Crippen LogP contribution is 2.30. The van der Waals surface area contributed by atoms with Crippen LogP contribution in [0.2, 0.25) is 5.02 Å². The summed E-state index contributed by atoms with van der Waals surface area (Å²) in [6, 6.07) is 11.8. The molecule has 1 fully saturated rings. The van der Waals surface area contributed by atoms with Crippen LogP contribution in [0.3, 0.4) is 0 Å².